The molecule has 0 aliphatic carbocycles. The minimum absolute atomic E-state index is 0.0106. The Morgan fingerprint density at radius 3 is 2.41 bits per heavy atom. The van der Waals surface area contributed by atoms with Crippen LogP contribution in [0, 0.1) is 5.82 Å². The standard InChI is InChI=1S/C18H17F7N4O3/c1-8(16(31)29-4-2-9(3-5-29)32-18(23,24)25)27-15(30)11-6-10-12(28-11)7-26-14(13(10)19)17(20,21)22/h6-9,28H,2-5H2,1H3,(H,27,30)/t8-/m0/s1. The number of likely N-dealkylation sites (tertiary alicyclic amines) is 1. The van der Waals surface area contributed by atoms with Gasteiger partial charge in [-0.25, -0.2) is 9.37 Å². The Balaban J connectivity index is 1.64. The number of fused-ring (bicyclic) bond motifs is 1. The lowest BCUT2D eigenvalue weighted by Gasteiger charge is -2.33. The van der Waals surface area contributed by atoms with Gasteiger partial charge in [0, 0.05) is 18.5 Å². The highest BCUT2D eigenvalue weighted by atomic mass is 19.4. The van der Waals surface area contributed by atoms with Crippen LogP contribution < -0.4 is 5.32 Å². The molecule has 176 valence electrons. The third-order valence-electron chi connectivity index (χ3n) is 4.90. The summed E-state index contributed by atoms with van der Waals surface area (Å²) in [4.78, 5) is 31.6. The van der Waals surface area contributed by atoms with E-state index in [1.165, 1.54) is 11.8 Å². The molecular weight excluding hydrogens is 453 g/mol. The molecular formula is C18H17F7N4O3. The van der Waals surface area contributed by atoms with Crippen LogP contribution in [-0.4, -0.2) is 58.3 Å². The van der Waals surface area contributed by atoms with Crippen molar-refractivity contribution in [2.45, 2.75) is 44.4 Å². The van der Waals surface area contributed by atoms with Crippen molar-refractivity contribution >= 4 is 22.7 Å². The highest BCUT2D eigenvalue weighted by Crippen LogP contribution is 2.32. The number of nitrogens with one attached hydrogen (secondary N) is 2. The normalized spacial score (nSPS) is 16.9. The van der Waals surface area contributed by atoms with Crippen LogP contribution in [-0.2, 0) is 15.7 Å². The second-order valence-electron chi connectivity index (χ2n) is 7.21. The smallest absolute Gasteiger partial charge is 0.349 e. The number of carbonyl (C=O) groups excluding carboxylic acids is 2. The predicted octanol–water partition coefficient (Wildman–Crippen LogP) is 3.37. The van der Waals surface area contributed by atoms with Gasteiger partial charge in [-0.2, -0.15) is 13.2 Å². The largest absolute Gasteiger partial charge is 0.522 e. The number of hydrogen-bond acceptors (Lipinski definition) is 4. The first-order valence-corrected chi connectivity index (χ1v) is 9.35. The van der Waals surface area contributed by atoms with Crippen LogP contribution in [0.15, 0.2) is 12.3 Å². The van der Waals surface area contributed by atoms with Gasteiger partial charge in [-0.15, -0.1) is 13.2 Å². The Morgan fingerprint density at radius 1 is 1.22 bits per heavy atom. The molecule has 7 nitrogen and oxygen atoms in total. The van der Waals surface area contributed by atoms with E-state index in [0.717, 1.165) is 12.3 Å². The van der Waals surface area contributed by atoms with Crippen molar-refractivity contribution in [1.82, 2.24) is 20.2 Å². The highest BCUT2D eigenvalue weighted by Gasteiger charge is 2.38. The minimum Gasteiger partial charge on any atom is -0.349 e. The third-order valence-corrected chi connectivity index (χ3v) is 4.90. The summed E-state index contributed by atoms with van der Waals surface area (Å²) >= 11 is 0. The number of halogens is 7. The molecule has 1 aliphatic rings. The zero-order valence-electron chi connectivity index (χ0n) is 16.4. The van der Waals surface area contributed by atoms with Crippen LogP contribution in [0.5, 0.6) is 0 Å². The molecule has 0 bridgehead atoms. The maximum absolute atomic E-state index is 14.1. The van der Waals surface area contributed by atoms with E-state index in [1.807, 2.05) is 0 Å². The lowest BCUT2D eigenvalue weighted by atomic mass is 10.1. The Kier molecular flexibility index (Phi) is 6.36. The monoisotopic (exact) mass is 470 g/mol. The number of carbonyl (C=O) groups is 2. The number of aromatic amines is 1. The van der Waals surface area contributed by atoms with Gasteiger partial charge in [0.05, 0.1) is 17.8 Å². The van der Waals surface area contributed by atoms with E-state index in [-0.39, 0.29) is 37.1 Å². The van der Waals surface area contributed by atoms with Gasteiger partial charge in [-0.1, -0.05) is 0 Å². The van der Waals surface area contributed by atoms with E-state index in [2.05, 4.69) is 20.0 Å². The fourth-order valence-electron chi connectivity index (χ4n) is 3.38. The number of aromatic nitrogens is 2. The molecule has 2 aromatic rings. The first-order valence-electron chi connectivity index (χ1n) is 9.35. The molecule has 0 radical (unpaired) electrons. The second kappa shape index (κ2) is 8.56. The Hall–Kier alpha value is -2.90. The van der Waals surface area contributed by atoms with Crippen LogP contribution in [0.3, 0.4) is 0 Å². The maximum Gasteiger partial charge on any atom is 0.522 e. The van der Waals surface area contributed by atoms with Crippen LogP contribution in [0.1, 0.15) is 35.9 Å². The molecule has 32 heavy (non-hydrogen) atoms. The zero-order valence-corrected chi connectivity index (χ0v) is 16.4. The topological polar surface area (TPSA) is 87.3 Å². The molecule has 0 saturated carbocycles. The van der Waals surface area contributed by atoms with E-state index in [9.17, 15) is 40.3 Å². The predicted molar refractivity (Wildman–Crippen MR) is 94.7 cm³/mol. The van der Waals surface area contributed by atoms with Crippen LogP contribution in [0.2, 0.25) is 0 Å². The summed E-state index contributed by atoms with van der Waals surface area (Å²) in [7, 11) is 0. The van der Waals surface area contributed by atoms with Crippen molar-refractivity contribution in [3.63, 3.8) is 0 Å². The van der Waals surface area contributed by atoms with E-state index < -0.39 is 53.4 Å². The van der Waals surface area contributed by atoms with E-state index in [4.69, 9.17) is 0 Å². The lowest BCUT2D eigenvalue weighted by Crippen LogP contribution is -2.50. The van der Waals surface area contributed by atoms with Gasteiger partial charge >= 0.3 is 12.5 Å². The average molecular weight is 470 g/mol. The van der Waals surface area contributed by atoms with E-state index in [1.54, 1.807) is 0 Å². The fraction of sp³-hybridized carbons (Fsp3) is 0.500. The Labute approximate surface area is 175 Å². The Bertz CT molecular complexity index is 1010. The van der Waals surface area contributed by atoms with Gasteiger partial charge in [0.1, 0.15) is 11.7 Å². The van der Waals surface area contributed by atoms with Gasteiger partial charge in [0.25, 0.3) is 5.91 Å². The summed E-state index contributed by atoms with van der Waals surface area (Å²) in [6.45, 7) is 1.32. The summed E-state index contributed by atoms with van der Waals surface area (Å²) in [5.41, 5.74) is -2.17. The van der Waals surface area contributed by atoms with Gasteiger partial charge in [-0.05, 0) is 25.8 Å². The number of rotatable bonds is 4. The maximum atomic E-state index is 14.1. The van der Waals surface area contributed by atoms with Crippen molar-refractivity contribution in [1.29, 1.82) is 0 Å². The third kappa shape index (κ3) is 5.29. The van der Waals surface area contributed by atoms with Crippen molar-refractivity contribution in [3.05, 3.63) is 29.5 Å². The molecule has 1 aliphatic heterocycles. The summed E-state index contributed by atoms with van der Waals surface area (Å²) in [6, 6.07) is -0.226. The van der Waals surface area contributed by atoms with Crippen molar-refractivity contribution < 1.29 is 45.1 Å². The summed E-state index contributed by atoms with van der Waals surface area (Å²) in [5, 5.41) is 1.83. The SMILES string of the molecule is C[C@H](NC(=O)c1cc2c(F)c(C(F)(F)F)ncc2[nH]1)C(=O)N1CCC(OC(F)(F)F)CC1. The molecule has 14 heteroatoms. The van der Waals surface area contributed by atoms with Gasteiger partial charge in [-0.3, -0.25) is 14.3 Å². The number of alkyl halides is 6. The van der Waals surface area contributed by atoms with Crippen molar-refractivity contribution in [2.75, 3.05) is 13.1 Å². The Morgan fingerprint density at radius 2 is 1.84 bits per heavy atom. The summed E-state index contributed by atoms with van der Waals surface area (Å²) in [6.07, 6.45) is -10.2. The molecule has 2 N–H and O–H groups in total. The van der Waals surface area contributed by atoms with Gasteiger partial charge < -0.3 is 15.2 Å². The number of pyridine rings is 1. The average Bonchev–Trinajstić information content (AvgIpc) is 3.11. The first kappa shape index (κ1) is 23.8. The summed E-state index contributed by atoms with van der Waals surface area (Å²) in [5.74, 6) is -3.09. The summed E-state index contributed by atoms with van der Waals surface area (Å²) < 4.78 is 93.3. The van der Waals surface area contributed by atoms with E-state index in [0.29, 0.717) is 0 Å². The molecule has 2 aromatic heterocycles. The molecule has 2 amide bonds. The van der Waals surface area contributed by atoms with Crippen LogP contribution in [0.4, 0.5) is 30.7 Å². The molecule has 0 aromatic carbocycles. The van der Waals surface area contributed by atoms with Crippen molar-refractivity contribution in [2.24, 2.45) is 0 Å². The molecule has 3 rings (SSSR count). The number of amides is 2. The number of hydrogen-bond donors (Lipinski definition) is 2. The number of H-pyrrole nitrogens is 1. The molecule has 1 fully saturated rings. The zero-order chi connectivity index (χ0) is 23.8. The van der Waals surface area contributed by atoms with Crippen LogP contribution in [0.25, 0.3) is 10.9 Å². The molecule has 3 heterocycles. The second-order valence-corrected chi connectivity index (χ2v) is 7.21. The quantitative estimate of drug-likeness (QED) is 0.671. The first-order chi connectivity index (χ1) is 14.8. The molecule has 0 spiro atoms. The van der Waals surface area contributed by atoms with E-state index >= 15 is 0 Å². The fourth-order valence-corrected chi connectivity index (χ4v) is 3.38. The van der Waals surface area contributed by atoms with Gasteiger partial charge in [0.15, 0.2) is 11.5 Å². The number of nitrogens with zero attached hydrogens (tertiary/aromatic N) is 2. The number of piperidine rings is 1. The molecule has 1 saturated heterocycles. The number of ether oxygens (including phenoxy) is 1. The highest BCUT2D eigenvalue weighted by molar-refractivity contribution is 6.00. The van der Waals surface area contributed by atoms with Gasteiger partial charge in [0.2, 0.25) is 5.91 Å². The molecule has 1 atom stereocenters. The lowest BCUT2D eigenvalue weighted by molar-refractivity contribution is -0.345. The van der Waals surface area contributed by atoms with Crippen LogP contribution >= 0.6 is 0 Å². The minimum atomic E-state index is -5.02. The molecule has 0 unspecified atom stereocenters. The van der Waals surface area contributed by atoms with Crippen molar-refractivity contribution in [3.8, 4) is 0 Å².